The van der Waals surface area contributed by atoms with Gasteiger partial charge in [-0.25, -0.2) is 0 Å². The average Bonchev–Trinajstić information content (AvgIpc) is 3.98. The number of anilines is 2. The lowest BCUT2D eigenvalue weighted by atomic mass is 9.43. The summed E-state index contributed by atoms with van der Waals surface area (Å²) in [6, 6.07) is 53.3. The lowest BCUT2D eigenvalue weighted by Crippen LogP contribution is -2.60. The molecule has 5 heterocycles. The highest BCUT2D eigenvalue weighted by molar-refractivity contribution is 7.25. The highest BCUT2D eigenvalue weighted by atomic mass is 32.1. The highest BCUT2D eigenvalue weighted by Crippen LogP contribution is 2.53. The summed E-state index contributed by atoms with van der Waals surface area (Å²) in [4.78, 5) is 2.70. The SMILES string of the molecule is Cc1cc2c3c4c1c1cc5c(cc1n4-c1cc4c(cc1B3N(c1ccc(C(C)(C)C)cc1)c1cc3c(cc1-2)sc1ccccc13)C(C)(C)c1ccccc1-4)oc1ccccc15. The van der Waals surface area contributed by atoms with Crippen LogP contribution >= 0.6 is 11.3 Å². The topological polar surface area (TPSA) is 21.3 Å². The molecule has 0 N–H and O–H groups in total. The van der Waals surface area contributed by atoms with E-state index < -0.39 is 0 Å². The van der Waals surface area contributed by atoms with E-state index in [1.165, 1.54) is 114 Å². The fraction of sp³-hybridized carbons (Fsp3) is 0.143. The van der Waals surface area contributed by atoms with Gasteiger partial charge in [0.25, 0.3) is 0 Å². The predicted octanol–water partition coefficient (Wildman–Crippen LogP) is 14.2. The smallest absolute Gasteiger partial charge is 0.333 e. The third kappa shape index (κ3) is 4.25. The molecule has 3 aromatic heterocycles. The van der Waals surface area contributed by atoms with Crippen LogP contribution in [0.25, 0.3) is 91.9 Å². The summed E-state index contributed by atoms with van der Waals surface area (Å²) < 4.78 is 11.9. The van der Waals surface area contributed by atoms with Gasteiger partial charge in [-0.2, -0.15) is 0 Å². The van der Waals surface area contributed by atoms with Gasteiger partial charge in [0.1, 0.15) is 11.2 Å². The molecule has 11 aromatic rings. The van der Waals surface area contributed by atoms with E-state index in [1.807, 2.05) is 11.3 Å². The van der Waals surface area contributed by atoms with Crippen molar-refractivity contribution in [3.8, 4) is 27.9 Å². The van der Waals surface area contributed by atoms with Crippen molar-refractivity contribution in [2.45, 2.75) is 52.4 Å². The Morgan fingerprint density at radius 3 is 2.20 bits per heavy atom. The second-order valence-electron chi connectivity index (χ2n) is 19.3. The molecule has 0 unspecified atom stereocenters. The quantitative estimate of drug-likeness (QED) is 0.154. The van der Waals surface area contributed by atoms with Crippen molar-refractivity contribution >= 4 is 104 Å². The summed E-state index contributed by atoms with van der Waals surface area (Å²) in [6.07, 6.45) is 0. The van der Waals surface area contributed by atoms with Crippen LogP contribution in [0.4, 0.5) is 11.4 Å². The van der Waals surface area contributed by atoms with E-state index in [0.717, 1.165) is 21.9 Å². The van der Waals surface area contributed by atoms with Crippen molar-refractivity contribution in [3.63, 3.8) is 0 Å². The molecule has 0 saturated heterocycles. The van der Waals surface area contributed by atoms with Gasteiger partial charge in [-0.15, -0.1) is 11.3 Å². The molecule has 2 aliphatic heterocycles. The number of aromatic nitrogens is 1. The van der Waals surface area contributed by atoms with Crippen LogP contribution in [-0.2, 0) is 10.8 Å². The zero-order valence-electron chi connectivity index (χ0n) is 35.1. The third-order valence-corrected chi connectivity index (χ3v) is 15.8. The molecule has 1 aliphatic carbocycles. The Labute approximate surface area is 358 Å². The average molecular weight is 801 g/mol. The van der Waals surface area contributed by atoms with Gasteiger partial charge >= 0.3 is 6.85 Å². The first-order valence-corrected chi connectivity index (χ1v) is 22.4. The first kappa shape index (κ1) is 34.2. The number of furan rings is 1. The molecule has 0 amide bonds. The van der Waals surface area contributed by atoms with Crippen molar-refractivity contribution < 1.29 is 4.42 Å². The normalized spacial score (nSPS) is 14.8. The van der Waals surface area contributed by atoms with E-state index in [0.29, 0.717) is 0 Å². The highest BCUT2D eigenvalue weighted by Gasteiger charge is 2.47. The summed E-state index contributed by atoms with van der Waals surface area (Å²) >= 11 is 1.91. The van der Waals surface area contributed by atoms with E-state index in [9.17, 15) is 0 Å². The molecule has 61 heavy (non-hydrogen) atoms. The largest absolute Gasteiger partial charge is 0.456 e. The summed E-state index contributed by atoms with van der Waals surface area (Å²) in [5, 5.41) is 7.57. The standard InChI is InChI=1S/C56H41BN2OS/c1-30-23-40-37-27-51-39(35-15-9-12-18-50(35)61-51)26-46(37)59(32-21-19-31(20-22-32)55(2,3)4)57-44-28-43-36(33-13-7-10-16-42(33)56(43,5)6)25-47(44)58-45-29-49-38(34-14-8-11-17-48(34)60-49)24-41(45)52(30)54(58)53(40)57/h7-29H,1-6H3. The molecule has 0 fully saturated rings. The number of hydrogen-bond acceptors (Lipinski definition) is 3. The van der Waals surface area contributed by atoms with E-state index in [2.05, 4.69) is 190 Å². The molecule has 3 aliphatic rings. The van der Waals surface area contributed by atoms with Crippen LogP contribution < -0.4 is 15.7 Å². The third-order valence-electron chi connectivity index (χ3n) is 14.6. The van der Waals surface area contributed by atoms with Gasteiger partial charge < -0.3 is 13.8 Å². The number of benzene rings is 8. The first-order valence-electron chi connectivity index (χ1n) is 21.6. The maximum Gasteiger partial charge on any atom is 0.333 e. The Morgan fingerprint density at radius 2 is 1.36 bits per heavy atom. The Morgan fingerprint density at radius 1 is 0.590 bits per heavy atom. The van der Waals surface area contributed by atoms with Gasteiger partial charge in [-0.3, -0.25) is 0 Å². The van der Waals surface area contributed by atoms with Gasteiger partial charge in [0.2, 0.25) is 0 Å². The van der Waals surface area contributed by atoms with E-state index in [4.69, 9.17) is 4.42 Å². The van der Waals surface area contributed by atoms with Gasteiger partial charge in [0.15, 0.2) is 0 Å². The molecule has 0 spiro atoms. The monoisotopic (exact) mass is 800 g/mol. The second kappa shape index (κ2) is 11.2. The lowest BCUT2D eigenvalue weighted by molar-refractivity contribution is 0.590. The minimum absolute atomic E-state index is 0.0421. The van der Waals surface area contributed by atoms with Crippen LogP contribution in [0.1, 0.15) is 56.9 Å². The fourth-order valence-electron chi connectivity index (χ4n) is 11.7. The van der Waals surface area contributed by atoms with Gasteiger partial charge in [-0.1, -0.05) is 120 Å². The molecular formula is C56H41BN2OS. The summed E-state index contributed by atoms with van der Waals surface area (Å²) in [5.74, 6) is 0. The zero-order chi connectivity index (χ0) is 40.8. The predicted molar refractivity (Wildman–Crippen MR) is 261 cm³/mol. The Bertz CT molecular complexity index is 3800. The number of rotatable bonds is 1. The number of nitrogens with zero attached hydrogens (tertiary/aromatic N) is 2. The first-order chi connectivity index (χ1) is 29.5. The maximum absolute atomic E-state index is 6.65. The number of para-hydroxylation sites is 1. The molecule has 5 heteroatoms. The van der Waals surface area contributed by atoms with Crippen LogP contribution in [0, 0.1) is 6.92 Å². The number of fused-ring (bicyclic) bond motifs is 17. The number of thiophene rings is 1. The summed E-state index contributed by atoms with van der Waals surface area (Å²) in [5.41, 5.74) is 21.4. The number of aryl methyl sites for hydroxylation is 1. The molecule has 0 bridgehead atoms. The van der Waals surface area contributed by atoms with Crippen molar-refractivity contribution in [1.82, 2.24) is 4.57 Å². The summed E-state index contributed by atoms with van der Waals surface area (Å²) in [6.45, 7) is 14.0. The van der Waals surface area contributed by atoms with Gasteiger partial charge in [-0.05, 0) is 111 Å². The van der Waals surface area contributed by atoms with Crippen LogP contribution in [0.3, 0.4) is 0 Å². The van der Waals surface area contributed by atoms with Crippen LogP contribution in [0.2, 0.25) is 0 Å². The lowest BCUT2D eigenvalue weighted by Gasteiger charge is -2.42. The van der Waals surface area contributed by atoms with E-state index in [-0.39, 0.29) is 17.7 Å². The molecule has 14 rings (SSSR count). The molecular weight excluding hydrogens is 760 g/mol. The molecule has 0 radical (unpaired) electrons. The summed E-state index contributed by atoms with van der Waals surface area (Å²) in [7, 11) is 0. The van der Waals surface area contributed by atoms with Crippen LogP contribution in [0.15, 0.2) is 144 Å². The second-order valence-corrected chi connectivity index (χ2v) is 20.4. The van der Waals surface area contributed by atoms with Crippen LogP contribution in [0.5, 0.6) is 0 Å². The maximum atomic E-state index is 6.65. The molecule has 0 atom stereocenters. The Hall–Kier alpha value is -6.56. The number of hydrogen-bond donors (Lipinski definition) is 0. The van der Waals surface area contributed by atoms with Gasteiger partial charge in [0.05, 0.1) is 11.0 Å². The van der Waals surface area contributed by atoms with Crippen molar-refractivity contribution in [2.24, 2.45) is 0 Å². The molecule has 3 nitrogen and oxygen atoms in total. The van der Waals surface area contributed by atoms with Crippen molar-refractivity contribution in [3.05, 3.63) is 162 Å². The van der Waals surface area contributed by atoms with Crippen molar-refractivity contribution in [2.75, 3.05) is 4.81 Å². The van der Waals surface area contributed by atoms with Crippen LogP contribution in [-0.4, -0.2) is 11.4 Å². The zero-order valence-corrected chi connectivity index (χ0v) is 35.9. The van der Waals surface area contributed by atoms with Crippen molar-refractivity contribution in [1.29, 1.82) is 0 Å². The molecule has 0 saturated carbocycles. The molecule has 8 aromatic carbocycles. The van der Waals surface area contributed by atoms with Gasteiger partial charge in [0, 0.05) is 75.8 Å². The minimum Gasteiger partial charge on any atom is -0.456 e. The molecule has 290 valence electrons. The van der Waals surface area contributed by atoms with E-state index >= 15 is 0 Å². The fourth-order valence-corrected chi connectivity index (χ4v) is 12.8. The Balaban J connectivity index is 1.18. The Kier molecular flexibility index (Phi) is 6.29. The van der Waals surface area contributed by atoms with E-state index in [1.54, 1.807) is 0 Å². The minimum atomic E-state index is -0.153.